The number of amides is 2. The van der Waals surface area contributed by atoms with Gasteiger partial charge in [-0.05, 0) is 43.2 Å². The molecular formula is C21H23N3O2. The molecule has 0 atom stereocenters. The molecule has 26 heavy (non-hydrogen) atoms. The minimum absolute atomic E-state index is 0.0505. The minimum atomic E-state index is -0.0505. The predicted molar refractivity (Wildman–Crippen MR) is 101 cm³/mol. The molecule has 134 valence electrons. The Labute approximate surface area is 153 Å². The summed E-state index contributed by atoms with van der Waals surface area (Å²) in [5, 5.41) is 14.1. The maximum atomic E-state index is 12.9. The number of carbonyl (C=O) groups is 1. The Morgan fingerprint density at radius 3 is 2.65 bits per heavy atom. The van der Waals surface area contributed by atoms with Crippen LogP contribution in [0, 0.1) is 16.7 Å². The predicted octanol–water partition coefficient (Wildman–Crippen LogP) is 4.14. The Bertz CT molecular complexity index is 860. The van der Waals surface area contributed by atoms with Crippen LogP contribution in [0.2, 0.25) is 0 Å². The maximum Gasteiger partial charge on any atom is 0.321 e. The van der Waals surface area contributed by atoms with Crippen LogP contribution in [-0.2, 0) is 4.74 Å². The first-order valence-electron chi connectivity index (χ1n) is 9.26. The number of nitrogens with zero attached hydrogens (tertiary/aromatic N) is 2. The first-order valence-corrected chi connectivity index (χ1v) is 9.26. The van der Waals surface area contributed by atoms with Crippen LogP contribution in [0.1, 0.15) is 31.2 Å². The summed E-state index contributed by atoms with van der Waals surface area (Å²) < 4.78 is 5.51. The van der Waals surface area contributed by atoms with Gasteiger partial charge in [0.05, 0.1) is 17.3 Å². The number of urea groups is 1. The standard InChI is InChI=1S/C21H23N3O2/c22-14-16-6-7-19(18-5-2-1-4-17(16)18)23-20(25)24-11-3-8-21(15-24)9-12-26-13-10-21/h1-2,4-7H,3,8-13,15H2,(H,23,25). The van der Waals surface area contributed by atoms with Gasteiger partial charge in [-0.1, -0.05) is 24.3 Å². The average molecular weight is 349 g/mol. The number of carbonyl (C=O) groups excluding carboxylic acids is 1. The normalized spacial score (nSPS) is 19.3. The molecule has 0 radical (unpaired) electrons. The highest BCUT2D eigenvalue weighted by Crippen LogP contribution is 2.39. The molecule has 0 unspecified atom stereocenters. The molecule has 0 saturated carbocycles. The number of benzene rings is 2. The molecule has 2 aromatic carbocycles. The van der Waals surface area contributed by atoms with E-state index in [9.17, 15) is 10.1 Å². The number of nitriles is 1. The Morgan fingerprint density at radius 2 is 1.88 bits per heavy atom. The molecular weight excluding hydrogens is 326 g/mol. The largest absolute Gasteiger partial charge is 0.381 e. The number of hydrogen-bond acceptors (Lipinski definition) is 3. The first-order chi connectivity index (χ1) is 12.7. The third-order valence-corrected chi connectivity index (χ3v) is 5.79. The average Bonchev–Trinajstić information content (AvgIpc) is 2.69. The van der Waals surface area contributed by atoms with Crippen LogP contribution in [0.5, 0.6) is 0 Å². The van der Waals surface area contributed by atoms with Crippen molar-refractivity contribution in [1.29, 1.82) is 5.26 Å². The van der Waals surface area contributed by atoms with Gasteiger partial charge in [-0.3, -0.25) is 0 Å². The number of hydrogen-bond donors (Lipinski definition) is 1. The number of fused-ring (bicyclic) bond motifs is 1. The van der Waals surface area contributed by atoms with E-state index in [2.05, 4.69) is 11.4 Å². The SMILES string of the molecule is N#Cc1ccc(NC(=O)N2CCCC3(CCOCC3)C2)c2ccccc12. The van der Waals surface area contributed by atoms with Crippen LogP contribution in [0.3, 0.4) is 0 Å². The maximum absolute atomic E-state index is 12.9. The molecule has 0 bridgehead atoms. The van der Waals surface area contributed by atoms with E-state index in [4.69, 9.17) is 4.74 Å². The van der Waals surface area contributed by atoms with E-state index in [1.807, 2.05) is 35.2 Å². The zero-order chi connectivity index (χ0) is 18.0. The van der Waals surface area contributed by atoms with Gasteiger partial charge in [0, 0.05) is 37.1 Å². The van der Waals surface area contributed by atoms with E-state index in [-0.39, 0.29) is 11.4 Å². The second-order valence-corrected chi connectivity index (χ2v) is 7.39. The summed E-state index contributed by atoms with van der Waals surface area (Å²) in [5.74, 6) is 0. The molecule has 5 heteroatoms. The molecule has 1 spiro atoms. The summed E-state index contributed by atoms with van der Waals surface area (Å²) in [7, 11) is 0. The van der Waals surface area contributed by atoms with E-state index < -0.39 is 0 Å². The van der Waals surface area contributed by atoms with Crippen molar-refractivity contribution in [2.75, 3.05) is 31.6 Å². The molecule has 1 N–H and O–H groups in total. The number of likely N-dealkylation sites (tertiary alicyclic amines) is 1. The van der Waals surface area contributed by atoms with E-state index in [1.54, 1.807) is 6.07 Å². The van der Waals surface area contributed by atoms with Crippen LogP contribution in [0.15, 0.2) is 36.4 Å². The molecule has 2 aliphatic heterocycles. The van der Waals surface area contributed by atoms with Gasteiger partial charge in [-0.25, -0.2) is 4.79 Å². The van der Waals surface area contributed by atoms with Crippen LogP contribution >= 0.6 is 0 Å². The van der Waals surface area contributed by atoms with E-state index in [0.717, 1.165) is 62.0 Å². The zero-order valence-corrected chi connectivity index (χ0v) is 14.8. The second-order valence-electron chi connectivity index (χ2n) is 7.39. The molecule has 0 aliphatic carbocycles. The van der Waals surface area contributed by atoms with Crippen molar-refractivity contribution in [3.63, 3.8) is 0 Å². The van der Waals surface area contributed by atoms with Gasteiger partial charge >= 0.3 is 6.03 Å². The Balaban J connectivity index is 1.55. The summed E-state index contributed by atoms with van der Waals surface area (Å²) in [5.41, 5.74) is 1.61. The third-order valence-electron chi connectivity index (χ3n) is 5.79. The molecule has 2 amide bonds. The fraction of sp³-hybridized carbons (Fsp3) is 0.429. The fourth-order valence-corrected chi connectivity index (χ4v) is 4.29. The molecule has 2 saturated heterocycles. The molecule has 2 heterocycles. The highest BCUT2D eigenvalue weighted by Gasteiger charge is 2.38. The van der Waals surface area contributed by atoms with Crippen molar-refractivity contribution >= 4 is 22.5 Å². The molecule has 5 nitrogen and oxygen atoms in total. The van der Waals surface area contributed by atoms with Gasteiger partial charge in [0.25, 0.3) is 0 Å². The lowest BCUT2D eigenvalue weighted by atomic mass is 9.74. The van der Waals surface area contributed by atoms with Crippen LogP contribution < -0.4 is 5.32 Å². The highest BCUT2D eigenvalue weighted by atomic mass is 16.5. The summed E-state index contributed by atoms with van der Waals surface area (Å²) in [6.45, 7) is 3.20. The lowest BCUT2D eigenvalue weighted by Gasteiger charge is -2.45. The highest BCUT2D eigenvalue weighted by molar-refractivity contribution is 6.03. The quantitative estimate of drug-likeness (QED) is 0.841. The van der Waals surface area contributed by atoms with Gasteiger partial charge in [-0.2, -0.15) is 5.26 Å². The van der Waals surface area contributed by atoms with Gasteiger partial charge in [0.15, 0.2) is 0 Å². The third kappa shape index (κ3) is 3.13. The van der Waals surface area contributed by atoms with Crippen molar-refractivity contribution in [2.24, 2.45) is 5.41 Å². The summed E-state index contributed by atoms with van der Waals surface area (Å²) in [4.78, 5) is 14.9. The van der Waals surface area contributed by atoms with Crippen molar-refractivity contribution in [1.82, 2.24) is 4.90 Å². The number of nitrogens with one attached hydrogen (secondary N) is 1. The van der Waals surface area contributed by atoms with Crippen LogP contribution in [0.4, 0.5) is 10.5 Å². The summed E-state index contributed by atoms with van der Waals surface area (Å²) in [6, 6.07) is 13.5. The molecule has 0 aromatic heterocycles. The van der Waals surface area contributed by atoms with E-state index >= 15 is 0 Å². The molecule has 2 aromatic rings. The van der Waals surface area contributed by atoms with Gasteiger partial charge in [0.2, 0.25) is 0 Å². The molecule has 4 rings (SSSR count). The number of rotatable bonds is 1. The van der Waals surface area contributed by atoms with Crippen molar-refractivity contribution in [2.45, 2.75) is 25.7 Å². The van der Waals surface area contributed by atoms with E-state index in [0.29, 0.717) is 5.56 Å². The Kier molecular flexibility index (Phi) is 4.52. The lowest BCUT2D eigenvalue weighted by Crippen LogP contribution is -2.49. The monoisotopic (exact) mass is 349 g/mol. The summed E-state index contributed by atoms with van der Waals surface area (Å²) in [6.07, 6.45) is 4.30. The number of piperidine rings is 1. The fourth-order valence-electron chi connectivity index (χ4n) is 4.29. The van der Waals surface area contributed by atoms with Crippen molar-refractivity contribution in [3.8, 4) is 6.07 Å². The first kappa shape index (κ1) is 16.9. The summed E-state index contributed by atoms with van der Waals surface area (Å²) >= 11 is 0. The van der Waals surface area contributed by atoms with Crippen molar-refractivity contribution in [3.05, 3.63) is 42.0 Å². The lowest BCUT2D eigenvalue weighted by molar-refractivity contribution is -0.0175. The van der Waals surface area contributed by atoms with Crippen LogP contribution in [-0.4, -0.2) is 37.2 Å². The Hall–Kier alpha value is -2.58. The van der Waals surface area contributed by atoms with E-state index in [1.165, 1.54) is 6.42 Å². The van der Waals surface area contributed by atoms with Crippen LogP contribution in [0.25, 0.3) is 10.8 Å². The topological polar surface area (TPSA) is 65.4 Å². The smallest absolute Gasteiger partial charge is 0.321 e. The molecule has 2 fully saturated rings. The second kappa shape index (κ2) is 6.97. The minimum Gasteiger partial charge on any atom is -0.381 e. The van der Waals surface area contributed by atoms with Gasteiger partial charge < -0.3 is 15.0 Å². The van der Waals surface area contributed by atoms with Gasteiger partial charge in [-0.15, -0.1) is 0 Å². The zero-order valence-electron chi connectivity index (χ0n) is 14.8. The number of anilines is 1. The van der Waals surface area contributed by atoms with Crippen molar-refractivity contribution < 1.29 is 9.53 Å². The number of ether oxygens (including phenoxy) is 1. The van der Waals surface area contributed by atoms with Gasteiger partial charge in [0.1, 0.15) is 0 Å². The Morgan fingerprint density at radius 1 is 1.12 bits per heavy atom. The molecule has 2 aliphatic rings.